The van der Waals surface area contributed by atoms with E-state index in [1.165, 1.54) is 18.2 Å². The zero-order chi connectivity index (χ0) is 33.6. The van der Waals surface area contributed by atoms with Crippen LogP contribution < -0.4 is 5.73 Å². The average molecular weight is 653 g/mol. The molecule has 0 spiro atoms. The predicted molar refractivity (Wildman–Crippen MR) is 177 cm³/mol. The van der Waals surface area contributed by atoms with Gasteiger partial charge in [0.15, 0.2) is 0 Å². The van der Waals surface area contributed by atoms with Crippen LogP contribution >= 0.6 is 11.6 Å². The molecule has 0 aliphatic carbocycles. The molecular formula is C36H43ClF2N4O3. The van der Waals surface area contributed by atoms with Crippen LogP contribution in [0.5, 0.6) is 0 Å². The number of likely N-dealkylation sites (tertiary alicyclic amines) is 1. The van der Waals surface area contributed by atoms with Crippen LogP contribution in [-0.4, -0.2) is 44.7 Å². The number of piperidine rings is 1. The normalized spacial score (nSPS) is 15.0. The summed E-state index contributed by atoms with van der Waals surface area (Å²) < 4.78 is 34.0. The minimum atomic E-state index is -1.20. The molecule has 0 radical (unpaired) electrons. The Morgan fingerprint density at radius 3 is 2.17 bits per heavy atom. The molecule has 4 aromatic rings. The molecule has 1 aliphatic heterocycles. The third-order valence-corrected chi connectivity index (χ3v) is 8.17. The third-order valence-electron chi connectivity index (χ3n) is 7.82. The number of hydrogen-bond donors (Lipinski definition) is 2. The Morgan fingerprint density at radius 2 is 1.63 bits per heavy atom. The number of nitrogens with zero attached hydrogens (tertiary/aromatic N) is 3. The van der Waals surface area contributed by atoms with Gasteiger partial charge in [-0.25, -0.2) is 8.78 Å². The standard InChI is InChI=1S/C32H32ClF2N3O3.C4H11N/c1-20(2)16-23-10-11-24(17-26(23)33)30-36-29(37-41-30)22-8-6-21(7-9-22)19-38-14-12-32(13-15-38,31(39)40)18-25-27(34)4-3-5-28(25)35;1-4(2,3)5/h3-11,17,20H,12-16,18-19H2,1-2H3,(H,39,40);5H2,1-3H3. The second-order valence-corrected chi connectivity index (χ2v) is 14.0. The maximum absolute atomic E-state index is 14.3. The van der Waals surface area contributed by atoms with Crippen LogP contribution in [0.3, 0.4) is 0 Å². The van der Waals surface area contributed by atoms with Crippen molar-refractivity contribution in [3.05, 3.63) is 94.0 Å². The Labute approximate surface area is 274 Å². The van der Waals surface area contributed by atoms with Gasteiger partial charge in [-0.15, -0.1) is 0 Å². The minimum absolute atomic E-state index is 0. The number of benzene rings is 3. The van der Waals surface area contributed by atoms with Crippen molar-refractivity contribution in [2.24, 2.45) is 17.1 Å². The lowest BCUT2D eigenvalue weighted by Crippen LogP contribution is -2.45. The molecule has 7 nitrogen and oxygen atoms in total. The lowest BCUT2D eigenvalue weighted by Gasteiger charge is -2.39. The average Bonchev–Trinajstić information content (AvgIpc) is 3.47. The summed E-state index contributed by atoms with van der Waals surface area (Å²) in [5.41, 5.74) is 7.70. The largest absolute Gasteiger partial charge is 0.481 e. The molecule has 3 N–H and O–H groups in total. The topological polar surface area (TPSA) is 105 Å². The van der Waals surface area contributed by atoms with Crippen LogP contribution in [0.15, 0.2) is 65.2 Å². The van der Waals surface area contributed by atoms with E-state index in [2.05, 4.69) is 28.9 Å². The van der Waals surface area contributed by atoms with Crippen LogP contribution in [0.1, 0.15) is 64.2 Å². The van der Waals surface area contributed by atoms with Crippen molar-refractivity contribution < 1.29 is 23.2 Å². The van der Waals surface area contributed by atoms with Crippen LogP contribution in [0.4, 0.5) is 8.78 Å². The lowest BCUT2D eigenvalue weighted by atomic mass is 9.73. The van der Waals surface area contributed by atoms with E-state index in [1.807, 2.05) is 63.2 Å². The Morgan fingerprint density at radius 1 is 1.04 bits per heavy atom. The number of carbonyl (C=O) groups is 1. The van der Waals surface area contributed by atoms with Gasteiger partial charge >= 0.3 is 5.97 Å². The summed E-state index contributed by atoms with van der Waals surface area (Å²) in [7, 11) is 0. The van der Waals surface area contributed by atoms with Crippen molar-refractivity contribution in [2.75, 3.05) is 13.1 Å². The Balaban J connectivity index is 0.000000892. The molecule has 0 bridgehead atoms. The maximum Gasteiger partial charge on any atom is 0.310 e. The molecule has 5 rings (SSSR count). The van der Waals surface area contributed by atoms with Gasteiger partial charge in [-0.2, -0.15) is 4.98 Å². The van der Waals surface area contributed by atoms with Crippen molar-refractivity contribution in [1.29, 1.82) is 0 Å². The summed E-state index contributed by atoms with van der Waals surface area (Å²) in [6, 6.07) is 17.2. The van der Waals surface area contributed by atoms with Crippen molar-refractivity contribution >= 4 is 17.6 Å². The fourth-order valence-corrected chi connectivity index (χ4v) is 5.66. The molecule has 2 heterocycles. The first kappa shape index (κ1) is 35.2. The highest BCUT2D eigenvalue weighted by molar-refractivity contribution is 6.31. The number of halogens is 3. The molecule has 0 atom stereocenters. The van der Waals surface area contributed by atoms with Crippen molar-refractivity contribution in [3.8, 4) is 22.8 Å². The van der Waals surface area contributed by atoms with E-state index in [4.69, 9.17) is 21.9 Å². The second kappa shape index (κ2) is 14.8. The Bertz CT molecular complexity index is 1600. The van der Waals surface area contributed by atoms with Gasteiger partial charge in [0.25, 0.3) is 5.89 Å². The predicted octanol–water partition coefficient (Wildman–Crippen LogP) is 8.19. The number of carboxylic acid groups (broad SMARTS) is 1. The summed E-state index contributed by atoms with van der Waals surface area (Å²) in [6.07, 6.45) is 1.35. The van der Waals surface area contributed by atoms with E-state index in [0.29, 0.717) is 55.1 Å². The minimum Gasteiger partial charge on any atom is -0.481 e. The summed E-state index contributed by atoms with van der Waals surface area (Å²) in [5, 5.41) is 14.8. The quantitative estimate of drug-likeness (QED) is 0.188. The molecule has 3 aromatic carbocycles. The van der Waals surface area contributed by atoms with Gasteiger partial charge in [-0.1, -0.05) is 67.0 Å². The fourth-order valence-electron chi connectivity index (χ4n) is 5.41. The van der Waals surface area contributed by atoms with Gasteiger partial charge in [-0.05, 0) is 101 Å². The summed E-state index contributed by atoms with van der Waals surface area (Å²) in [4.78, 5) is 18.9. The number of hydrogen-bond acceptors (Lipinski definition) is 6. The second-order valence-electron chi connectivity index (χ2n) is 13.6. The highest BCUT2D eigenvalue weighted by Crippen LogP contribution is 2.37. The molecule has 46 heavy (non-hydrogen) atoms. The van der Waals surface area contributed by atoms with E-state index in [1.54, 1.807) is 0 Å². The summed E-state index contributed by atoms with van der Waals surface area (Å²) in [5.74, 6) is -1.06. The number of nitrogens with two attached hydrogens (primary N) is 1. The summed E-state index contributed by atoms with van der Waals surface area (Å²) >= 11 is 6.47. The SMILES string of the molecule is CC(C)(C)N.CC(C)Cc1ccc(-c2nc(-c3ccc(CN4CCC(Cc5c(F)cccc5F)(C(=O)O)CC4)cc3)no2)cc1Cl. The molecular weight excluding hydrogens is 610 g/mol. The highest BCUT2D eigenvalue weighted by Gasteiger charge is 2.42. The van der Waals surface area contributed by atoms with Crippen LogP contribution in [0.25, 0.3) is 22.8 Å². The van der Waals surface area contributed by atoms with Crippen molar-refractivity contribution in [2.45, 2.75) is 72.4 Å². The molecule has 10 heteroatoms. The third kappa shape index (κ3) is 9.44. The van der Waals surface area contributed by atoms with E-state index >= 15 is 0 Å². The van der Waals surface area contributed by atoms with E-state index < -0.39 is 23.0 Å². The first-order valence-electron chi connectivity index (χ1n) is 15.5. The van der Waals surface area contributed by atoms with Gasteiger partial charge in [0.05, 0.1) is 5.41 Å². The van der Waals surface area contributed by atoms with E-state index in [9.17, 15) is 18.7 Å². The van der Waals surface area contributed by atoms with Gasteiger partial charge in [0, 0.05) is 33.8 Å². The Kier molecular flexibility index (Phi) is 11.4. The molecule has 0 saturated carbocycles. The fraction of sp³-hybridized carbons (Fsp3) is 0.417. The number of aliphatic carboxylic acids is 1. The first-order valence-corrected chi connectivity index (χ1v) is 15.9. The van der Waals surface area contributed by atoms with Gasteiger partial charge in [0.1, 0.15) is 11.6 Å². The zero-order valence-corrected chi connectivity index (χ0v) is 27.9. The smallest absolute Gasteiger partial charge is 0.310 e. The molecule has 1 fully saturated rings. The van der Waals surface area contributed by atoms with Crippen LogP contribution in [0.2, 0.25) is 5.02 Å². The van der Waals surface area contributed by atoms with Crippen molar-refractivity contribution in [1.82, 2.24) is 15.0 Å². The number of aromatic nitrogens is 2. The first-order chi connectivity index (χ1) is 21.6. The van der Waals surface area contributed by atoms with Crippen LogP contribution in [0, 0.1) is 23.0 Å². The van der Waals surface area contributed by atoms with E-state index in [0.717, 1.165) is 28.7 Å². The molecule has 1 aromatic heterocycles. The Hall–Kier alpha value is -3.66. The lowest BCUT2D eigenvalue weighted by molar-refractivity contribution is -0.152. The molecule has 0 amide bonds. The molecule has 0 unspecified atom stereocenters. The van der Waals surface area contributed by atoms with Crippen molar-refractivity contribution in [3.63, 3.8) is 0 Å². The molecule has 1 saturated heterocycles. The van der Waals surface area contributed by atoms with E-state index in [-0.39, 0.29) is 17.5 Å². The molecule has 246 valence electrons. The number of rotatable bonds is 9. The number of carboxylic acids is 1. The maximum atomic E-state index is 14.3. The molecule has 1 aliphatic rings. The highest BCUT2D eigenvalue weighted by atomic mass is 35.5. The van der Waals surface area contributed by atoms with Gasteiger partial charge < -0.3 is 15.4 Å². The monoisotopic (exact) mass is 652 g/mol. The summed E-state index contributed by atoms with van der Waals surface area (Å²) in [6.45, 7) is 11.8. The zero-order valence-electron chi connectivity index (χ0n) is 27.1. The van der Waals surface area contributed by atoms with Gasteiger partial charge in [0.2, 0.25) is 5.82 Å². The van der Waals surface area contributed by atoms with Crippen LogP contribution in [-0.2, 0) is 24.2 Å². The van der Waals surface area contributed by atoms with Gasteiger partial charge in [-0.3, -0.25) is 9.69 Å².